The van der Waals surface area contributed by atoms with Crippen molar-refractivity contribution < 1.29 is 13.9 Å². The Morgan fingerprint density at radius 3 is 2.21 bits per heavy atom. The van der Waals surface area contributed by atoms with Crippen LogP contribution in [0.4, 0.5) is 4.39 Å². The normalized spacial score (nSPS) is 12.5. The number of halogens is 1. The Morgan fingerprint density at radius 1 is 0.833 bits per heavy atom. The van der Waals surface area contributed by atoms with Crippen molar-refractivity contribution in [2.75, 3.05) is 6.79 Å². The van der Waals surface area contributed by atoms with Gasteiger partial charge in [-0.2, -0.15) is 0 Å². The lowest BCUT2D eigenvalue weighted by atomic mass is 10.0. The molecule has 24 heavy (non-hydrogen) atoms. The Morgan fingerprint density at radius 2 is 1.46 bits per heavy atom. The molecule has 0 unspecified atom stereocenters. The van der Waals surface area contributed by atoms with Crippen LogP contribution < -0.4 is 9.47 Å². The van der Waals surface area contributed by atoms with Crippen molar-refractivity contribution in [3.8, 4) is 34.0 Å². The summed E-state index contributed by atoms with van der Waals surface area (Å²) in [5, 5.41) is 0. The lowest BCUT2D eigenvalue weighted by Gasteiger charge is -2.12. The van der Waals surface area contributed by atoms with Crippen molar-refractivity contribution in [1.82, 2.24) is 9.97 Å². The topological polar surface area (TPSA) is 44.2 Å². The third kappa shape index (κ3) is 2.48. The molecular weight excluding hydrogens is 307 g/mol. The van der Waals surface area contributed by atoms with E-state index >= 15 is 0 Å². The molecule has 0 bridgehead atoms. The van der Waals surface area contributed by atoms with Crippen LogP contribution in [0.2, 0.25) is 0 Å². The summed E-state index contributed by atoms with van der Waals surface area (Å²) in [6.07, 6.45) is 0. The Bertz CT molecular complexity index is 923. The minimum Gasteiger partial charge on any atom is -0.454 e. The molecular formula is C19H15FN2O2. The molecule has 0 fully saturated rings. The molecule has 2 heterocycles. The van der Waals surface area contributed by atoms with E-state index in [1.165, 1.54) is 12.1 Å². The van der Waals surface area contributed by atoms with Gasteiger partial charge in [0, 0.05) is 16.7 Å². The van der Waals surface area contributed by atoms with E-state index in [2.05, 4.69) is 9.97 Å². The summed E-state index contributed by atoms with van der Waals surface area (Å²) in [7, 11) is 0. The quantitative estimate of drug-likeness (QED) is 0.706. The number of fused-ring (bicyclic) bond motifs is 1. The van der Waals surface area contributed by atoms with Gasteiger partial charge in [0.15, 0.2) is 11.5 Å². The summed E-state index contributed by atoms with van der Waals surface area (Å²) >= 11 is 0. The predicted octanol–water partition coefficient (Wildman–Crippen LogP) is 4.30. The summed E-state index contributed by atoms with van der Waals surface area (Å²) in [5.74, 6) is 1.85. The number of rotatable bonds is 2. The van der Waals surface area contributed by atoms with Crippen LogP contribution in [-0.4, -0.2) is 16.8 Å². The van der Waals surface area contributed by atoms with Gasteiger partial charge in [0.25, 0.3) is 0 Å². The molecule has 5 heteroatoms. The average Bonchev–Trinajstić information content (AvgIpc) is 3.05. The molecule has 0 amide bonds. The molecule has 0 aliphatic carbocycles. The van der Waals surface area contributed by atoms with Gasteiger partial charge in [0.05, 0.1) is 11.4 Å². The fraction of sp³-hybridized carbons (Fsp3) is 0.158. The van der Waals surface area contributed by atoms with Crippen LogP contribution in [0.3, 0.4) is 0 Å². The van der Waals surface area contributed by atoms with Crippen molar-refractivity contribution in [1.29, 1.82) is 0 Å². The Labute approximate surface area is 138 Å². The number of ether oxygens (including phenoxy) is 2. The van der Waals surface area contributed by atoms with Gasteiger partial charge < -0.3 is 9.47 Å². The first-order chi connectivity index (χ1) is 11.6. The van der Waals surface area contributed by atoms with Gasteiger partial charge in [-0.3, -0.25) is 0 Å². The highest BCUT2D eigenvalue weighted by atomic mass is 19.1. The highest BCUT2D eigenvalue weighted by Gasteiger charge is 2.17. The maximum absolute atomic E-state index is 13.2. The Hall–Kier alpha value is -2.95. The Balaban J connectivity index is 1.86. The van der Waals surface area contributed by atoms with E-state index in [1.807, 2.05) is 32.0 Å². The lowest BCUT2D eigenvalue weighted by Crippen LogP contribution is -1.99. The fourth-order valence-corrected chi connectivity index (χ4v) is 2.84. The van der Waals surface area contributed by atoms with E-state index in [4.69, 9.17) is 9.47 Å². The van der Waals surface area contributed by atoms with Crippen molar-refractivity contribution in [3.63, 3.8) is 0 Å². The highest BCUT2D eigenvalue weighted by molar-refractivity contribution is 5.74. The van der Waals surface area contributed by atoms with Gasteiger partial charge in [-0.15, -0.1) is 0 Å². The number of benzene rings is 2. The maximum Gasteiger partial charge on any atom is 0.231 e. The van der Waals surface area contributed by atoms with Crippen molar-refractivity contribution in [2.24, 2.45) is 0 Å². The molecule has 0 radical (unpaired) electrons. The van der Waals surface area contributed by atoms with E-state index < -0.39 is 0 Å². The third-order valence-electron chi connectivity index (χ3n) is 4.02. The average molecular weight is 322 g/mol. The molecule has 1 aliphatic heterocycles. The highest BCUT2D eigenvalue weighted by Crippen LogP contribution is 2.37. The van der Waals surface area contributed by atoms with Crippen molar-refractivity contribution in [2.45, 2.75) is 13.8 Å². The number of nitrogens with zero attached hydrogens (tertiary/aromatic N) is 2. The van der Waals surface area contributed by atoms with E-state index in [0.29, 0.717) is 11.6 Å². The standard InChI is InChI=1S/C19H15FN2O2/c1-11-18(13-3-6-15(20)7-4-13)21-12(2)22-19(11)14-5-8-16-17(9-14)24-10-23-16/h3-9H,10H2,1-2H3. The minimum absolute atomic E-state index is 0.237. The van der Waals surface area contributed by atoms with Crippen LogP contribution in [0.1, 0.15) is 11.4 Å². The Kier molecular flexibility index (Phi) is 3.41. The number of aromatic nitrogens is 2. The zero-order chi connectivity index (χ0) is 16.7. The first-order valence-corrected chi connectivity index (χ1v) is 7.63. The monoisotopic (exact) mass is 322 g/mol. The van der Waals surface area contributed by atoms with E-state index in [0.717, 1.165) is 33.8 Å². The van der Waals surface area contributed by atoms with Crippen LogP contribution in [0.5, 0.6) is 11.5 Å². The van der Waals surface area contributed by atoms with Crippen LogP contribution >= 0.6 is 0 Å². The molecule has 0 saturated carbocycles. The summed E-state index contributed by atoms with van der Waals surface area (Å²) < 4.78 is 24.0. The van der Waals surface area contributed by atoms with Crippen LogP contribution in [-0.2, 0) is 0 Å². The van der Waals surface area contributed by atoms with Crippen molar-refractivity contribution >= 4 is 0 Å². The summed E-state index contributed by atoms with van der Waals surface area (Å²) in [6, 6.07) is 12.1. The first kappa shape index (κ1) is 14.6. The molecule has 120 valence electrons. The molecule has 1 aliphatic rings. The first-order valence-electron chi connectivity index (χ1n) is 7.63. The molecule has 4 nitrogen and oxygen atoms in total. The van der Waals surface area contributed by atoms with Gasteiger partial charge in [-0.25, -0.2) is 14.4 Å². The SMILES string of the molecule is Cc1nc(-c2ccc(F)cc2)c(C)c(-c2ccc3c(c2)OCO3)n1. The van der Waals surface area contributed by atoms with Gasteiger partial charge in [0.2, 0.25) is 6.79 Å². The zero-order valence-corrected chi connectivity index (χ0v) is 13.3. The second kappa shape index (κ2) is 5.60. The fourth-order valence-electron chi connectivity index (χ4n) is 2.84. The second-order valence-electron chi connectivity index (χ2n) is 5.67. The molecule has 2 aromatic carbocycles. The minimum atomic E-state index is -0.266. The van der Waals surface area contributed by atoms with Gasteiger partial charge in [-0.1, -0.05) is 0 Å². The largest absolute Gasteiger partial charge is 0.454 e. The molecule has 0 spiro atoms. The maximum atomic E-state index is 13.2. The van der Waals surface area contributed by atoms with Crippen LogP contribution in [0.15, 0.2) is 42.5 Å². The van der Waals surface area contributed by atoms with E-state index in [1.54, 1.807) is 12.1 Å². The zero-order valence-electron chi connectivity index (χ0n) is 13.3. The van der Waals surface area contributed by atoms with Crippen LogP contribution in [0, 0.1) is 19.7 Å². The molecule has 0 atom stereocenters. The summed E-state index contributed by atoms with van der Waals surface area (Å²) in [4.78, 5) is 9.13. The predicted molar refractivity (Wildman–Crippen MR) is 88.5 cm³/mol. The number of hydrogen-bond acceptors (Lipinski definition) is 4. The van der Waals surface area contributed by atoms with Crippen molar-refractivity contribution in [3.05, 3.63) is 59.7 Å². The van der Waals surface area contributed by atoms with Gasteiger partial charge in [-0.05, 0) is 56.3 Å². The third-order valence-corrected chi connectivity index (χ3v) is 4.02. The second-order valence-corrected chi connectivity index (χ2v) is 5.67. The van der Waals surface area contributed by atoms with Crippen LogP contribution in [0.25, 0.3) is 22.5 Å². The van der Waals surface area contributed by atoms with Gasteiger partial charge in [0.1, 0.15) is 11.6 Å². The van der Waals surface area contributed by atoms with Gasteiger partial charge >= 0.3 is 0 Å². The molecule has 0 N–H and O–H groups in total. The molecule has 3 aromatic rings. The molecule has 4 rings (SSSR count). The number of hydrogen-bond donors (Lipinski definition) is 0. The van der Waals surface area contributed by atoms with E-state index in [9.17, 15) is 4.39 Å². The molecule has 0 saturated heterocycles. The smallest absolute Gasteiger partial charge is 0.231 e. The summed E-state index contributed by atoms with van der Waals surface area (Å²) in [5.41, 5.74) is 4.37. The lowest BCUT2D eigenvalue weighted by molar-refractivity contribution is 0.174. The number of aryl methyl sites for hydroxylation is 1. The summed E-state index contributed by atoms with van der Waals surface area (Å²) in [6.45, 7) is 4.06. The van der Waals surface area contributed by atoms with E-state index in [-0.39, 0.29) is 12.6 Å². The molecule has 1 aromatic heterocycles.